The largest absolute Gasteiger partial charge is 0.287 e. The van der Waals surface area contributed by atoms with Crippen LogP contribution in [-0.2, 0) is 0 Å². The Labute approximate surface area is 106 Å². The lowest BCUT2D eigenvalue weighted by Crippen LogP contribution is -2.16. The number of rotatable bonds is 2. The van der Waals surface area contributed by atoms with E-state index in [1.165, 1.54) is 18.4 Å². The molecular weight excluding hydrogens is 224 g/mol. The van der Waals surface area contributed by atoms with Gasteiger partial charge in [0.05, 0.1) is 6.04 Å². The predicted octanol–water partition coefficient (Wildman–Crippen LogP) is 2.86. The van der Waals surface area contributed by atoms with E-state index in [1.807, 2.05) is 42.1 Å². The zero-order valence-electron chi connectivity index (χ0n) is 10.7. The highest BCUT2D eigenvalue weighted by molar-refractivity contribution is 5.62. The molecule has 1 heterocycles. The van der Waals surface area contributed by atoms with E-state index in [0.29, 0.717) is 11.7 Å². The normalized spacial score (nSPS) is 14.8. The maximum atomic E-state index is 12.2. The van der Waals surface area contributed by atoms with Crippen LogP contribution in [0.4, 0.5) is 0 Å². The molecule has 3 rings (SSSR count). The summed E-state index contributed by atoms with van der Waals surface area (Å²) in [5.74, 6) is 0. The van der Waals surface area contributed by atoms with E-state index in [9.17, 15) is 4.79 Å². The van der Waals surface area contributed by atoms with Crippen molar-refractivity contribution < 1.29 is 0 Å². The molecule has 0 aliphatic heterocycles. The Balaban J connectivity index is 2.15. The van der Waals surface area contributed by atoms with Gasteiger partial charge in [0.15, 0.2) is 0 Å². The van der Waals surface area contributed by atoms with Crippen LogP contribution in [0.25, 0.3) is 11.1 Å². The first kappa shape index (κ1) is 11.2. The molecule has 3 nitrogen and oxygen atoms in total. The lowest BCUT2D eigenvalue weighted by atomic mass is 10.1. The van der Waals surface area contributed by atoms with Crippen LogP contribution in [0.3, 0.4) is 0 Å². The minimum atomic E-state index is 0.0377. The van der Waals surface area contributed by atoms with Gasteiger partial charge in [-0.05, 0) is 32.3 Å². The van der Waals surface area contributed by atoms with Crippen molar-refractivity contribution in [3.63, 3.8) is 0 Å². The number of aromatic nitrogens is 2. The van der Waals surface area contributed by atoms with E-state index >= 15 is 0 Å². The maximum absolute atomic E-state index is 12.2. The smallest absolute Gasteiger partial charge is 0.210 e. The molecule has 0 unspecified atom stereocenters. The average Bonchev–Trinajstić information content (AvgIpc) is 3.18. The second-order valence-electron chi connectivity index (χ2n) is 5.03. The average molecular weight is 240 g/mol. The topological polar surface area (TPSA) is 34.9 Å². The van der Waals surface area contributed by atoms with Crippen LogP contribution >= 0.6 is 0 Å². The molecule has 0 saturated heterocycles. The third kappa shape index (κ3) is 1.96. The Bertz CT molecular complexity index is 637. The van der Waals surface area contributed by atoms with Crippen molar-refractivity contribution in [2.75, 3.05) is 0 Å². The van der Waals surface area contributed by atoms with Crippen LogP contribution in [0.5, 0.6) is 0 Å². The fourth-order valence-corrected chi connectivity index (χ4v) is 2.10. The lowest BCUT2D eigenvalue weighted by Gasteiger charge is -2.08. The number of hydrogen-bond acceptors (Lipinski definition) is 2. The molecular formula is C15H16N2O. The minimum Gasteiger partial charge on any atom is -0.287 e. The molecule has 1 saturated carbocycles. The first-order valence-corrected chi connectivity index (χ1v) is 6.32. The van der Waals surface area contributed by atoms with Gasteiger partial charge in [0.25, 0.3) is 0 Å². The Morgan fingerprint density at radius 2 is 1.83 bits per heavy atom. The van der Waals surface area contributed by atoms with Crippen molar-refractivity contribution in [3.05, 3.63) is 51.9 Å². The summed E-state index contributed by atoms with van der Waals surface area (Å²) in [5, 5.41) is 4.34. The molecule has 2 aromatic rings. The lowest BCUT2D eigenvalue weighted by molar-refractivity contribution is 0.611. The first-order valence-electron chi connectivity index (χ1n) is 6.32. The van der Waals surface area contributed by atoms with Gasteiger partial charge in [0.2, 0.25) is 5.43 Å². The first-order chi connectivity index (χ1) is 8.65. The van der Waals surface area contributed by atoms with Crippen molar-refractivity contribution in [1.82, 2.24) is 9.78 Å². The SMILES string of the molecule is Cc1ccc(-c2cn(C3CC3)nc(C)c2=O)cc1. The molecule has 0 spiro atoms. The molecule has 1 aromatic carbocycles. The van der Waals surface area contributed by atoms with Gasteiger partial charge in [-0.25, -0.2) is 0 Å². The number of nitrogens with zero attached hydrogens (tertiary/aromatic N) is 2. The molecule has 0 amide bonds. The Kier molecular flexibility index (Phi) is 2.54. The summed E-state index contributed by atoms with van der Waals surface area (Å²) in [5.41, 5.74) is 3.56. The zero-order valence-corrected chi connectivity index (χ0v) is 10.7. The van der Waals surface area contributed by atoms with E-state index in [1.54, 1.807) is 6.92 Å². The molecule has 1 aliphatic rings. The van der Waals surface area contributed by atoms with Crippen LogP contribution in [0.15, 0.2) is 35.3 Å². The fourth-order valence-electron chi connectivity index (χ4n) is 2.10. The highest BCUT2D eigenvalue weighted by Crippen LogP contribution is 2.34. The number of benzene rings is 1. The Morgan fingerprint density at radius 1 is 1.17 bits per heavy atom. The molecule has 0 N–H and O–H groups in total. The quantitative estimate of drug-likeness (QED) is 0.809. The standard InChI is InChI=1S/C15H16N2O/c1-10-3-5-12(6-4-10)14-9-17(13-7-8-13)16-11(2)15(14)18/h3-6,9,13H,7-8H2,1-2H3. The summed E-state index contributed by atoms with van der Waals surface area (Å²) in [4.78, 5) is 12.2. The molecule has 18 heavy (non-hydrogen) atoms. The van der Waals surface area contributed by atoms with Gasteiger partial charge in [-0.1, -0.05) is 29.8 Å². The van der Waals surface area contributed by atoms with E-state index in [2.05, 4.69) is 5.10 Å². The fraction of sp³-hybridized carbons (Fsp3) is 0.333. The number of hydrogen-bond donors (Lipinski definition) is 0. The molecule has 1 aromatic heterocycles. The predicted molar refractivity (Wildman–Crippen MR) is 71.7 cm³/mol. The highest BCUT2D eigenvalue weighted by Gasteiger charge is 2.25. The van der Waals surface area contributed by atoms with Gasteiger partial charge in [0.1, 0.15) is 5.69 Å². The van der Waals surface area contributed by atoms with Crippen molar-refractivity contribution in [2.45, 2.75) is 32.7 Å². The summed E-state index contributed by atoms with van der Waals surface area (Å²) in [6, 6.07) is 8.57. The molecule has 1 fully saturated rings. The summed E-state index contributed by atoms with van der Waals surface area (Å²) in [7, 11) is 0. The molecule has 1 aliphatic carbocycles. The van der Waals surface area contributed by atoms with Crippen LogP contribution in [-0.4, -0.2) is 9.78 Å². The van der Waals surface area contributed by atoms with Gasteiger partial charge in [-0.3, -0.25) is 9.48 Å². The van der Waals surface area contributed by atoms with Crippen molar-refractivity contribution in [1.29, 1.82) is 0 Å². The van der Waals surface area contributed by atoms with Crippen molar-refractivity contribution in [2.24, 2.45) is 0 Å². The minimum absolute atomic E-state index is 0.0377. The van der Waals surface area contributed by atoms with Crippen LogP contribution < -0.4 is 5.43 Å². The zero-order chi connectivity index (χ0) is 12.7. The van der Waals surface area contributed by atoms with E-state index in [4.69, 9.17) is 0 Å². The second kappa shape index (κ2) is 4.09. The van der Waals surface area contributed by atoms with Crippen LogP contribution in [0.1, 0.15) is 30.1 Å². The van der Waals surface area contributed by atoms with Gasteiger partial charge in [0, 0.05) is 11.8 Å². The summed E-state index contributed by atoms with van der Waals surface area (Å²) in [6.07, 6.45) is 4.24. The number of aryl methyl sites for hydroxylation is 2. The van der Waals surface area contributed by atoms with E-state index in [-0.39, 0.29) is 5.43 Å². The highest BCUT2D eigenvalue weighted by atomic mass is 16.1. The Morgan fingerprint density at radius 3 is 2.44 bits per heavy atom. The van der Waals surface area contributed by atoms with Crippen molar-refractivity contribution >= 4 is 0 Å². The van der Waals surface area contributed by atoms with Gasteiger partial charge >= 0.3 is 0 Å². The van der Waals surface area contributed by atoms with Gasteiger partial charge in [-0.15, -0.1) is 0 Å². The summed E-state index contributed by atoms with van der Waals surface area (Å²) >= 11 is 0. The molecule has 0 bridgehead atoms. The second-order valence-corrected chi connectivity index (χ2v) is 5.03. The monoisotopic (exact) mass is 240 g/mol. The molecule has 0 radical (unpaired) electrons. The third-order valence-corrected chi connectivity index (χ3v) is 3.38. The summed E-state index contributed by atoms with van der Waals surface area (Å²) < 4.78 is 1.95. The van der Waals surface area contributed by atoms with Gasteiger partial charge < -0.3 is 0 Å². The van der Waals surface area contributed by atoms with Crippen LogP contribution in [0, 0.1) is 13.8 Å². The molecule has 0 atom stereocenters. The third-order valence-electron chi connectivity index (χ3n) is 3.38. The van der Waals surface area contributed by atoms with Gasteiger partial charge in [-0.2, -0.15) is 5.10 Å². The van der Waals surface area contributed by atoms with E-state index in [0.717, 1.165) is 11.1 Å². The van der Waals surface area contributed by atoms with Crippen LogP contribution in [0.2, 0.25) is 0 Å². The Hall–Kier alpha value is -1.90. The molecule has 3 heteroatoms. The van der Waals surface area contributed by atoms with Crippen molar-refractivity contribution in [3.8, 4) is 11.1 Å². The summed E-state index contributed by atoms with van der Waals surface area (Å²) in [6.45, 7) is 3.84. The molecule has 92 valence electrons. The van der Waals surface area contributed by atoms with E-state index < -0.39 is 0 Å². The maximum Gasteiger partial charge on any atom is 0.210 e.